The number of aliphatic hydroxyl groups excluding tert-OH is 1. The maximum absolute atomic E-state index is 12.6. The van der Waals surface area contributed by atoms with E-state index < -0.39 is 6.10 Å². The van der Waals surface area contributed by atoms with E-state index in [0.717, 1.165) is 62.5 Å². The largest absolute Gasteiger partial charge is 0.465 e. The molecular weight excluding hydrogens is 408 g/mol. The van der Waals surface area contributed by atoms with Gasteiger partial charge in [-0.1, -0.05) is 50.5 Å². The van der Waals surface area contributed by atoms with E-state index in [9.17, 15) is 14.7 Å². The van der Waals surface area contributed by atoms with Gasteiger partial charge in [-0.05, 0) is 61.3 Å². The second-order valence-corrected chi connectivity index (χ2v) is 9.74. The molecule has 4 nitrogen and oxygen atoms in total. The fraction of sp³-hybridized carbons (Fsp3) is 0.538. The van der Waals surface area contributed by atoms with Crippen LogP contribution in [0.3, 0.4) is 0 Å². The number of hydrogen-bond donors (Lipinski definition) is 1. The normalized spacial score (nSPS) is 19.5. The zero-order chi connectivity index (χ0) is 22.2. The Labute approximate surface area is 189 Å². The van der Waals surface area contributed by atoms with Crippen LogP contribution >= 0.6 is 11.3 Å². The number of hydrogen-bond acceptors (Lipinski definition) is 5. The van der Waals surface area contributed by atoms with Crippen LogP contribution < -0.4 is 0 Å². The van der Waals surface area contributed by atoms with Gasteiger partial charge in [-0.2, -0.15) is 0 Å². The number of carbonyl (C=O) groups excluding carboxylic acids is 2. The number of carbonyl (C=O) groups is 2. The zero-order valence-corrected chi connectivity index (χ0v) is 19.5. The smallest absolute Gasteiger partial charge is 0.348 e. The molecule has 0 aliphatic heterocycles. The highest BCUT2D eigenvalue weighted by Gasteiger charge is 2.35. The molecule has 0 bridgehead atoms. The van der Waals surface area contributed by atoms with Crippen molar-refractivity contribution in [3.8, 4) is 0 Å². The summed E-state index contributed by atoms with van der Waals surface area (Å²) < 4.78 is 4.78. The van der Waals surface area contributed by atoms with Crippen molar-refractivity contribution in [3.05, 3.63) is 57.3 Å². The van der Waals surface area contributed by atoms with Gasteiger partial charge in [0.2, 0.25) is 0 Å². The Balaban J connectivity index is 1.55. The highest BCUT2D eigenvalue weighted by Crippen LogP contribution is 2.40. The first kappa shape index (κ1) is 23.7. The van der Waals surface area contributed by atoms with E-state index in [0.29, 0.717) is 23.0 Å². The van der Waals surface area contributed by atoms with E-state index in [-0.39, 0.29) is 11.9 Å². The number of benzene rings is 1. The summed E-state index contributed by atoms with van der Waals surface area (Å²) in [5.74, 6) is 0.398. The molecule has 0 radical (unpaired) electrons. The maximum Gasteiger partial charge on any atom is 0.348 e. The first-order chi connectivity index (χ1) is 15.0. The lowest BCUT2D eigenvalue weighted by Crippen LogP contribution is -2.13. The van der Waals surface area contributed by atoms with Crippen molar-refractivity contribution in [2.24, 2.45) is 5.92 Å². The molecule has 1 aliphatic rings. The molecule has 5 heteroatoms. The summed E-state index contributed by atoms with van der Waals surface area (Å²) in [5, 5.41) is 10.4. The Morgan fingerprint density at radius 1 is 1.16 bits per heavy atom. The number of unbranched alkanes of at least 4 members (excludes halogenated alkanes) is 2. The Morgan fingerprint density at radius 3 is 2.65 bits per heavy atom. The van der Waals surface area contributed by atoms with Gasteiger partial charge in [0.1, 0.15) is 10.7 Å². The first-order valence-corrected chi connectivity index (χ1v) is 12.3. The van der Waals surface area contributed by atoms with Crippen LogP contribution in [0.2, 0.25) is 0 Å². The van der Waals surface area contributed by atoms with Crippen molar-refractivity contribution in [2.75, 3.05) is 7.11 Å². The molecule has 0 spiro atoms. The lowest BCUT2D eigenvalue weighted by atomic mass is 9.84. The van der Waals surface area contributed by atoms with E-state index in [4.69, 9.17) is 4.74 Å². The Bertz CT molecular complexity index is 855. The molecule has 0 saturated heterocycles. The van der Waals surface area contributed by atoms with Crippen LogP contribution in [-0.2, 0) is 16.0 Å². The summed E-state index contributed by atoms with van der Waals surface area (Å²) in [6, 6.07) is 11.9. The van der Waals surface area contributed by atoms with Crippen LogP contribution in [0.15, 0.2) is 36.4 Å². The Morgan fingerprint density at radius 2 is 1.94 bits per heavy atom. The van der Waals surface area contributed by atoms with E-state index in [1.807, 2.05) is 36.4 Å². The van der Waals surface area contributed by atoms with Gasteiger partial charge in [-0.15, -0.1) is 11.3 Å². The van der Waals surface area contributed by atoms with Crippen molar-refractivity contribution in [1.29, 1.82) is 0 Å². The van der Waals surface area contributed by atoms with Crippen LogP contribution in [0.1, 0.15) is 96.0 Å². The first-order valence-electron chi connectivity index (χ1n) is 11.5. The minimum absolute atomic E-state index is 0.0275. The third kappa shape index (κ3) is 6.27. The number of ketones is 1. The number of aryl methyl sites for hydroxylation is 1. The van der Waals surface area contributed by atoms with Crippen molar-refractivity contribution in [3.63, 3.8) is 0 Å². The molecule has 1 aromatic carbocycles. The van der Waals surface area contributed by atoms with Crippen LogP contribution in [0.4, 0.5) is 0 Å². The van der Waals surface area contributed by atoms with E-state index >= 15 is 0 Å². The summed E-state index contributed by atoms with van der Waals surface area (Å²) in [6.07, 6.45) is 8.22. The summed E-state index contributed by atoms with van der Waals surface area (Å²) in [5.41, 5.74) is 2.03. The fourth-order valence-corrected chi connectivity index (χ4v) is 5.59. The minimum atomic E-state index is -0.420. The number of aliphatic hydroxyl groups is 1. The number of ether oxygens (including phenoxy) is 1. The highest BCUT2D eigenvalue weighted by molar-refractivity contribution is 7.13. The summed E-state index contributed by atoms with van der Waals surface area (Å²) in [6.45, 7) is 2.16. The van der Waals surface area contributed by atoms with Gasteiger partial charge in [0.05, 0.1) is 13.2 Å². The van der Waals surface area contributed by atoms with E-state index in [2.05, 4.69) is 6.92 Å². The lowest BCUT2D eigenvalue weighted by Gasteiger charge is -2.20. The third-order valence-electron chi connectivity index (χ3n) is 6.39. The van der Waals surface area contributed by atoms with Gasteiger partial charge >= 0.3 is 5.97 Å². The average Bonchev–Trinajstić information content (AvgIpc) is 3.40. The fourth-order valence-electron chi connectivity index (χ4n) is 4.62. The van der Waals surface area contributed by atoms with Gasteiger partial charge in [0, 0.05) is 17.2 Å². The minimum Gasteiger partial charge on any atom is -0.465 e. The zero-order valence-electron chi connectivity index (χ0n) is 18.6. The average molecular weight is 443 g/mol. The summed E-state index contributed by atoms with van der Waals surface area (Å²) in [7, 11) is 1.40. The lowest BCUT2D eigenvalue weighted by molar-refractivity contribution is -0.119. The molecule has 1 aliphatic carbocycles. The van der Waals surface area contributed by atoms with E-state index in [1.165, 1.54) is 23.3 Å². The van der Waals surface area contributed by atoms with Gasteiger partial charge in [-0.25, -0.2) is 4.79 Å². The Kier molecular flexibility index (Phi) is 8.85. The molecule has 0 amide bonds. The van der Waals surface area contributed by atoms with Crippen LogP contribution in [0.25, 0.3) is 0 Å². The molecule has 1 N–H and O–H groups in total. The molecule has 1 aromatic heterocycles. The molecule has 2 aromatic rings. The quantitative estimate of drug-likeness (QED) is 0.331. The molecule has 3 atom stereocenters. The Hall–Kier alpha value is -1.98. The number of Topliss-reactive ketones (excluding diaryl/α,β-unsaturated/α-hetero) is 1. The number of rotatable bonds is 11. The van der Waals surface area contributed by atoms with Crippen molar-refractivity contribution in [2.45, 2.75) is 76.7 Å². The topological polar surface area (TPSA) is 63.6 Å². The monoisotopic (exact) mass is 442 g/mol. The van der Waals surface area contributed by atoms with Gasteiger partial charge in [0.25, 0.3) is 0 Å². The van der Waals surface area contributed by atoms with Crippen LogP contribution in [-0.4, -0.2) is 24.0 Å². The second-order valence-electron chi connectivity index (χ2n) is 8.57. The predicted octanol–water partition coefficient (Wildman–Crippen LogP) is 6.23. The van der Waals surface area contributed by atoms with Gasteiger partial charge < -0.3 is 9.84 Å². The second kappa shape index (κ2) is 11.6. The SMILES string of the molecule is CCCCC[C@H](O)c1ccc([C@H]2C(=O)CCC2CCCc2ccc(C(=O)OC)s2)cc1. The number of methoxy groups -OCH3 is 1. The standard InChI is InChI=1S/C26H34O4S/c1-3-4-5-9-22(27)18-10-12-20(13-11-18)25-19(14-16-23(25)28)7-6-8-21-15-17-24(31-21)26(29)30-2/h10-13,15,17,19,22,25,27H,3-9,14,16H2,1-2H3/t19?,22-,25-/m0/s1. The van der Waals surface area contributed by atoms with Gasteiger partial charge in [0.15, 0.2) is 0 Å². The van der Waals surface area contributed by atoms with Crippen LogP contribution in [0.5, 0.6) is 0 Å². The number of esters is 1. The maximum atomic E-state index is 12.6. The summed E-state index contributed by atoms with van der Waals surface area (Å²) in [4.78, 5) is 26.1. The molecule has 1 heterocycles. The van der Waals surface area contributed by atoms with Crippen LogP contribution in [0, 0.1) is 5.92 Å². The van der Waals surface area contributed by atoms with Crippen molar-refractivity contribution >= 4 is 23.1 Å². The molecular formula is C26H34O4S. The van der Waals surface area contributed by atoms with Crippen molar-refractivity contribution < 1.29 is 19.4 Å². The molecule has 1 unspecified atom stereocenters. The molecule has 31 heavy (non-hydrogen) atoms. The number of thiophene rings is 1. The molecule has 168 valence electrons. The molecule has 1 saturated carbocycles. The van der Waals surface area contributed by atoms with E-state index in [1.54, 1.807) is 0 Å². The molecule has 1 fully saturated rings. The van der Waals surface area contributed by atoms with Gasteiger partial charge in [-0.3, -0.25) is 4.79 Å². The highest BCUT2D eigenvalue weighted by atomic mass is 32.1. The predicted molar refractivity (Wildman–Crippen MR) is 125 cm³/mol. The summed E-state index contributed by atoms with van der Waals surface area (Å²) >= 11 is 1.49. The molecule has 3 rings (SSSR count). The third-order valence-corrected chi connectivity index (χ3v) is 7.51. The van der Waals surface area contributed by atoms with Crippen molar-refractivity contribution in [1.82, 2.24) is 0 Å².